The predicted molar refractivity (Wildman–Crippen MR) is 66.5 cm³/mol. The molecule has 4 nitrogen and oxygen atoms in total. The molecule has 0 radical (unpaired) electrons. The van der Waals surface area contributed by atoms with E-state index in [0.717, 1.165) is 25.7 Å². The summed E-state index contributed by atoms with van der Waals surface area (Å²) in [6.45, 7) is 3.64. The summed E-state index contributed by atoms with van der Waals surface area (Å²) in [4.78, 5) is 22.4. The highest BCUT2D eigenvalue weighted by atomic mass is 16.5. The summed E-state index contributed by atoms with van der Waals surface area (Å²) in [7, 11) is 0. The van der Waals surface area contributed by atoms with E-state index in [1.54, 1.807) is 0 Å². The molecule has 2 fully saturated rings. The third-order valence-electron chi connectivity index (χ3n) is 4.24. The normalized spacial score (nSPS) is 28.9. The van der Waals surface area contributed by atoms with Gasteiger partial charge in [-0.2, -0.15) is 0 Å². The minimum absolute atomic E-state index is 0.0142. The maximum Gasteiger partial charge on any atom is 0.384 e. The second kappa shape index (κ2) is 5.24. The summed E-state index contributed by atoms with van der Waals surface area (Å²) in [5, 5.41) is 10.9. The van der Waals surface area contributed by atoms with Gasteiger partial charge in [-0.3, -0.25) is 0 Å². The SMILES string of the molecule is CC1(C)C(C#CC(=O)OC2CCCCC2)C1C(=O)[O-]. The Morgan fingerprint density at radius 2 is 1.84 bits per heavy atom. The van der Waals surface area contributed by atoms with E-state index in [-0.39, 0.29) is 12.0 Å². The lowest BCUT2D eigenvalue weighted by Crippen LogP contribution is -2.26. The number of carboxylic acid groups (broad SMARTS) is 1. The molecule has 19 heavy (non-hydrogen) atoms. The van der Waals surface area contributed by atoms with Gasteiger partial charge in [-0.15, -0.1) is 0 Å². The van der Waals surface area contributed by atoms with Gasteiger partial charge in [-0.25, -0.2) is 4.79 Å². The molecule has 0 aromatic heterocycles. The molecule has 2 saturated carbocycles. The number of hydrogen-bond donors (Lipinski definition) is 0. The summed E-state index contributed by atoms with van der Waals surface area (Å²) >= 11 is 0. The lowest BCUT2D eigenvalue weighted by Gasteiger charge is -2.20. The minimum Gasteiger partial charge on any atom is -0.550 e. The molecule has 0 bridgehead atoms. The first kappa shape index (κ1) is 13.9. The lowest BCUT2D eigenvalue weighted by atomic mass is 9.98. The van der Waals surface area contributed by atoms with E-state index in [4.69, 9.17) is 4.74 Å². The second-order valence-corrected chi connectivity index (χ2v) is 6.03. The number of aliphatic carboxylic acids is 1. The zero-order valence-electron chi connectivity index (χ0n) is 11.4. The second-order valence-electron chi connectivity index (χ2n) is 6.03. The van der Waals surface area contributed by atoms with E-state index in [2.05, 4.69) is 11.8 Å². The van der Waals surface area contributed by atoms with Crippen LogP contribution in [0.5, 0.6) is 0 Å². The van der Waals surface area contributed by atoms with E-state index in [1.165, 1.54) is 6.42 Å². The van der Waals surface area contributed by atoms with E-state index >= 15 is 0 Å². The fourth-order valence-electron chi connectivity index (χ4n) is 2.85. The molecule has 0 saturated heterocycles. The highest BCUT2D eigenvalue weighted by Crippen LogP contribution is 2.57. The lowest BCUT2D eigenvalue weighted by molar-refractivity contribution is -0.308. The molecule has 2 atom stereocenters. The summed E-state index contributed by atoms with van der Waals surface area (Å²) in [5.74, 6) is 2.63. The van der Waals surface area contributed by atoms with Crippen LogP contribution >= 0.6 is 0 Å². The molecule has 0 N–H and O–H groups in total. The van der Waals surface area contributed by atoms with Crippen molar-refractivity contribution in [1.29, 1.82) is 0 Å². The molecule has 0 spiro atoms. The Balaban J connectivity index is 1.86. The number of carbonyl (C=O) groups is 2. The van der Waals surface area contributed by atoms with Gasteiger partial charge in [0.25, 0.3) is 0 Å². The molecule has 0 amide bonds. The smallest absolute Gasteiger partial charge is 0.384 e. The Kier molecular flexibility index (Phi) is 3.84. The first-order valence-corrected chi connectivity index (χ1v) is 6.86. The van der Waals surface area contributed by atoms with E-state index in [0.29, 0.717) is 0 Å². The van der Waals surface area contributed by atoms with Crippen LogP contribution in [0.2, 0.25) is 0 Å². The molecule has 2 aliphatic rings. The standard InChI is InChI=1S/C15H20O4/c1-15(2)11(13(15)14(17)18)8-9-12(16)19-10-6-4-3-5-7-10/h10-11,13H,3-7H2,1-2H3,(H,17,18)/p-1. The molecule has 4 heteroatoms. The van der Waals surface area contributed by atoms with Gasteiger partial charge in [0, 0.05) is 23.7 Å². The van der Waals surface area contributed by atoms with E-state index in [1.807, 2.05) is 13.8 Å². The van der Waals surface area contributed by atoms with Crippen LogP contribution < -0.4 is 5.11 Å². The average Bonchev–Trinajstić information content (AvgIpc) is 2.90. The van der Waals surface area contributed by atoms with Crippen LogP contribution in [0.15, 0.2) is 0 Å². The van der Waals surface area contributed by atoms with Crippen molar-refractivity contribution in [3.63, 3.8) is 0 Å². The monoisotopic (exact) mass is 263 g/mol. The number of hydrogen-bond acceptors (Lipinski definition) is 4. The third-order valence-corrected chi connectivity index (χ3v) is 4.24. The van der Waals surface area contributed by atoms with Crippen LogP contribution in [0, 0.1) is 29.1 Å². The molecule has 104 valence electrons. The highest BCUT2D eigenvalue weighted by Gasteiger charge is 2.57. The van der Waals surface area contributed by atoms with Gasteiger partial charge < -0.3 is 14.6 Å². The van der Waals surface area contributed by atoms with E-state index < -0.39 is 23.3 Å². The summed E-state index contributed by atoms with van der Waals surface area (Å²) < 4.78 is 5.26. The van der Waals surface area contributed by atoms with Gasteiger partial charge in [0.2, 0.25) is 0 Å². The van der Waals surface area contributed by atoms with Crippen LogP contribution in [-0.2, 0) is 14.3 Å². The third kappa shape index (κ3) is 3.09. The van der Waals surface area contributed by atoms with Crippen LogP contribution in [0.1, 0.15) is 46.0 Å². The van der Waals surface area contributed by atoms with Gasteiger partial charge in [0.15, 0.2) is 0 Å². The summed E-state index contributed by atoms with van der Waals surface area (Å²) in [5.41, 5.74) is -0.406. The molecule has 2 rings (SSSR count). The molecule has 0 heterocycles. The largest absolute Gasteiger partial charge is 0.550 e. The van der Waals surface area contributed by atoms with Gasteiger partial charge in [0.1, 0.15) is 6.10 Å². The highest BCUT2D eigenvalue weighted by molar-refractivity contribution is 5.89. The molecule has 0 aliphatic heterocycles. The van der Waals surface area contributed by atoms with Crippen molar-refractivity contribution in [2.75, 3.05) is 0 Å². The van der Waals surface area contributed by atoms with Gasteiger partial charge in [-0.1, -0.05) is 26.2 Å². The molecule has 2 unspecified atom stereocenters. The van der Waals surface area contributed by atoms with Gasteiger partial charge in [-0.05, 0) is 31.1 Å². The Morgan fingerprint density at radius 3 is 2.37 bits per heavy atom. The van der Waals surface area contributed by atoms with Crippen molar-refractivity contribution in [3.05, 3.63) is 0 Å². The van der Waals surface area contributed by atoms with Crippen LogP contribution in [0.3, 0.4) is 0 Å². The van der Waals surface area contributed by atoms with Gasteiger partial charge >= 0.3 is 5.97 Å². The number of ether oxygens (including phenoxy) is 1. The molecular weight excluding hydrogens is 244 g/mol. The van der Waals surface area contributed by atoms with Crippen molar-refractivity contribution in [3.8, 4) is 11.8 Å². The molecular formula is C15H19O4-. The Hall–Kier alpha value is -1.50. The average molecular weight is 263 g/mol. The Bertz CT molecular complexity index is 435. The van der Waals surface area contributed by atoms with Crippen molar-refractivity contribution in [1.82, 2.24) is 0 Å². The summed E-state index contributed by atoms with van der Waals surface area (Å²) in [6.07, 6.45) is 5.18. The zero-order valence-corrected chi connectivity index (χ0v) is 11.4. The summed E-state index contributed by atoms with van der Waals surface area (Å²) in [6, 6.07) is 0. The molecule has 2 aliphatic carbocycles. The van der Waals surface area contributed by atoms with Crippen molar-refractivity contribution < 1.29 is 19.4 Å². The quantitative estimate of drug-likeness (QED) is 0.421. The first-order chi connectivity index (χ1) is 8.93. The van der Waals surface area contributed by atoms with Gasteiger partial charge in [0.05, 0.1) is 0 Å². The number of esters is 1. The van der Waals surface area contributed by atoms with Crippen LogP contribution in [0.25, 0.3) is 0 Å². The maximum absolute atomic E-state index is 11.6. The molecule has 0 aromatic carbocycles. The number of carbonyl (C=O) groups excluding carboxylic acids is 2. The van der Waals surface area contributed by atoms with Crippen LogP contribution in [-0.4, -0.2) is 18.0 Å². The fraction of sp³-hybridized carbons (Fsp3) is 0.733. The Labute approximate surface area is 113 Å². The number of rotatable bonds is 2. The maximum atomic E-state index is 11.6. The van der Waals surface area contributed by atoms with Crippen LogP contribution in [0.4, 0.5) is 0 Å². The topological polar surface area (TPSA) is 66.4 Å². The molecule has 0 aromatic rings. The number of carboxylic acids is 1. The Morgan fingerprint density at radius 1 is 1.21 bits per heavy atom. The van der Waals surface area contributed by atoms with Crippen molar-refractivity contribution in [2.45, 2.75) is 52.1 Å². The predicted octanol–water partition coefficient (Wildman–Crippen LogP) is 0.888. The fourth-order valence-corrected chi connectivity index (χ4v) is 2.85. The van der Waals surface area contributed by atoms with Crippen molar-refractivity contribution in [2.24, 2.45) is 17.3 Å². The van der Waals surface area contributed by atoms with E-state index in [9.17, 15) is 14.7 Å². The zero-order chi connectivity index (χ0) is 14.0. The van der Waals surface area contributed by atoms with Crippen molar-refractivity contribution >= 4 is 11.9 Å². The first-order valence-electron chi connectivity index (χ1n) is 6.86. The minimum atomic E-state index is -1.09.